The Morgan fingerprint density at radius 3 is 2.63 bits per heavy atom. The van der Waals surface area contributed by atoms with Crippen molar-refractivity contribution in [2.45, 2.75) is 0 Å². The van der Waals surface area contributed by atoms with Gasteiger partial charge in [0.2, 0.25) is 0 Å². The third-order valence-corrected chi connectivity index (χ3v) is 4.68. The molecule has 7 nitrogen and oxygen atoms in total. The van der Waals surface area contributed by atoms with Gasteiger partial charge in [-0.15, -0.1) is 0 Å². The van der Waals surface area contributed by atoms with Crippen LogP contribution in [0.25, 0.3) is 22.0 Å². The topological polar surface area (TPSA) is 88.6 Å². The predicted molar refractivity (Wildman–Crippen MR) is 116 cm³/mol. The number of nitrogens with zero attached hydrogens (tertiary/aromatic N) is 2. The number of rotatable bonds is 6. The van der Waals surface area contributed by atoms with Crippen LogP contribution in [0.15, 0.2) is 71.8 Å². The van der Waals surface area contributed by atoms with E-state index in [1.54, 1.807) is 38.5 Å². The molecule has 0 bridgehead atoms. The Labute approximate surface area is 173 Å². The van der Waals surface area contributed by atoms with E-state index in [9.17, 15) is 4.79 Å². The maximum Gasteiger partial charge on any atom is 0.289 e. The Bertz CT molecular complexity index is 1230. The number of methoxy groups -OCH3 is 2. The number of H-pyrrole nitrogens is 1. The van der Waals surface area contributed by atoms with Gasteiger partial charge in [-0.1, -0.05) is 36.4 Å². The Morgan fingerprint density at radius 2 is 1.83 bits per heavy atom. The number of aromatic nitrogens is 2. The summed E-state index contributed by atoms with van der Waals surface area (Å²) >= 11 is 0. The number of hydrazone groups is 1. The van der Waals surface area contributed by atoms with Crippen molar-refractivity contribution < 1.29 is 14.3 Å². The van der Waals surface area contributed by atoms with E-state index in [-0.39, 0.29) is 0 Å². The molecule has 4 aromatic rings. The molecule has 0 saturated heterocycles. The molecule has 0 fully saturated rings. The number of carbonyl (C=O) groups excluding carboxylic acids is 1. The summed E-state index contributed by atoms with van der Waals surface area (Å²) in [7, 11) is 3.14. The minimum absolute atomic E-state index is 0.317. The summed E-state index contributed by atoms with van der Waals surface area (Å²) in [6.45, 7) is 0. The van der Waals surface area contributed by atoms with E-state index in [1.807, 2.05) is 36.4 Å². The highest BCUT2D eigenvalue weighted by Gasteiger charge is 2.11. The second-order valence-corrected chi connectivity index (χ2v) is 6.54. The third kappa shape index (κ3) is 4.00. The van der Waals surface area contributed by atoms with Gasteiger partial charge in [-0.25, -0.2) is 5.43 Å². The normalized spacial score (nSPS) is 11.0. The summed E-state index contributed by atoms with van der Waals surface area (Å²) in [5.74, 6) is 0.873. The van der Waals surface area contributed by atoms with Crippen molar-refractivity contribution in [2.24, 2.45) is 5.10 Å². The lowest BCUT2D eigenvalue weighted by molar-refractivity contribution is 0.0950. The minimum atomic E-state index is -0.390. The summed E-state index contributed by atoms with van der Waals surface area (Å²) in [5.41, 5.74) is 5.13. The van der Waals surface area contributed by atoms with Gasteiger partial charge in [0.15, 0.2) is 0 Å². The van der Waals surface area contributed by atoms with Crippen LogP contribution in [0.1, 0.15) is 16.1 Å². The Balaban J connectivity index is 1.47. The van der Waals surface area contributed by atoms with Crippen molar-refractivity contribution in [2.75, 3.05) is 14.2 Å². The van der Waals surface area contributed by atoms with Gasteiger partial charge >= 0.3 is 0 Å². The van der Waals surface area contributed by atoms with Crippen LogP contribution in [0.3, 0.4) is 0 Å². The molecule has 0 atom stereocenters. The molecule has 3 aromatic carbocycles. The maximum absolute atomic E-state index is 12.4. The van der Waals surface area contributed by atoms with Crippen LogP contribution in [-0.4, -0.2) is 36.5 Å². The van der Waals surface area contributed by atoms with E-state index < -0.39 is 5.91 Å². The standard InChI is InChI=1S/C23H20N4O3/c1-29-19-10-9-18(22(12-19)30-2)14-24-27-23(28)21-13-20(25-26-21)17-8-7-15-5-3-4-6-16(15)11-17/h3-14H,1-2H3,(H,25,26)(H,27,28)/b24-14+. The second kappa shape index (κ2) is 8.48. The highest BCUT2D eigenvalue weighted by molar-refractivity contribution is 5.95. The lowest BCUT2D eigenvalue weighted by Gasteiger charge is -2.06. The van der Waals surface area contributed by atoms with Crippen molar-refractivity contribution in [3.8, 4) is 22.8 Å². The molecule has 0 unspecified atom stereocenters. The lowest BCUT2D eigenvalue weighted by Crippen LogP contribution is -2.18. The fourth-order valence-electron chi connectivity index (χ4n) is 3.08. The zero-order valence-corrected chi connectivity index (χ0v) is 16.5. The summed E-state index contributed by atoms with van der Waals surface area (Å²) in [6.07, 6.45) is 1.51. The van der Waals surface area contributed by atoms with E-state index in [0.717, 1.165) is 16.3 Å². The number of nitrogens with one attached hydrogen (secondary N) is 2. The first-order chi connectivity index (χ1) is 14.7. The van der Waals surface area contributed by atoms with Gasteiger partial charge in [-0.3, -0.25) is 9.89 Å². The van der Waals surface area contributed by atoms with E-state index in [0.29, 0.717) is 28.5 Å². The molecule has 1 amide bonds. The highest BCUT2D eigenvalue weighted by Crippen LogP contribution is 2.24. The van der Waals surface area contributed by atoms with Gasteiger partial charge in [0.25, 0.3) is 5.91 Å². The Kier molecular flexibility index (Phi) is 5.43. The van der Waals surface area contributed by atoms with Gasteiger partial charge in [-0.2, -0.15) is 10.2 Å². The summed E-state index contributed by atoms with van der Waals surface area (Å²) in [4.78, 5) is 12.4. The number of aromatic amines is 1. The van der Waals surface area contributed by atoms with Crippen LogP contribution in [0, 0.1) is 0 Å². The summed E-state index contributed by atoms with van der Waals surface area (Å²) in [5, 5.41) is 13.3. The monoisotopic (exact) mass is 400 g/mol. The van der Waals surface area contributed by atoms with E-state index in [4.69, 9.17) is 9.47 Å². The largest absolute Gasteiger partial charge is 0.497 e. The number of carbonyl (C=O) groups is 1. The minimum Gasteiger partial charge on any atom is -0.497 e. The maximum atomic E-state index is 12.4. The molecule has 7 heteroatoms. The molecule has 150 valence electrons. The van der Waals surface area contributed by atoms with Crippen LogP contribution < -0.4 is 14.9 Å². The zero-order chi connectivity index (χ0) is 20.9. The van der Waals surface area contributed by atoms with Crippen LogP contribution in [0.5, 0.6) is 11.5 Å². The van der Waals surface area contributed by atoms with Crippen molar-refractivity contribution in [1.29, 1.82) is 0 Å². The molecule has 30 heavy (non-hydrogen) atoms. The van der Waals surface area contributed by atoms with Crippen LogP contribution >= 0.6 is 0 Å². The number of hydrogen-bond donors (Lipinski definition) is 2. The van der Waals surface area contributed by atoms with E-state index in [2.05, 4.69) is 26.8 Å². The third-order valence-electron chi connectivity index (χ3n) is 4.68. The van der Waals surface area contributed by atoms with Crippen LogP contribution in [0.2, 0.25) is 0 Å². The van der Waals surface area contributed by atoms with Crippen LogP contribution in [0.4, 0.5) is 0 Å². The van der Waals surface area contributed by atoms with Gasteiger partial charge < -0.3 is 9.47 Å². The SMILES string of the molecule is COc1ccc(/C=N/NC(=O)c2cc(-c3ccc4ccccc4c3)n[nH]2)c(OC)c1. The molecule has 0 saturated carbocycles. The summed E-state index contributed by atoms with van der Waals surface area (Å²) in [6, 6.07) is 21.2. The first kappa shape index (κ1) is 19.2. The predicted octanol–water partition coefficient (Wildman–Crippen LogP) is 4.01. The molecule has 0 spiro atoms. The smallest absolute Gasteiger partial charge is 0.289 e. The Morgan fingerprint density at radius 1 is 1.00 bits per heavy atom. The number of benzene rings is 3. The average Bonchev–Trinajstić information content (AvgIpc) is 3.29. The Hall–Kier alpha value is -4.13. The average molecular weight is 400 g/mol. The quantitative estimate of drug-likeness (QED) is 0.378. The molecule has 4 rings (SSSR count). The van der Waals surface area contributed by atoms with Gasteiger partial charge in [0.05, 0.1) is 26.1 Å². The highest BCUT2D eigenvalue weighted by atomic mass is 16.5. The molecular weight excluding hydrogens is 380 g/mol. The molecule has 1 aromatic heterocycles. The van der Waals surface area contributed by atoms with E-state index >= 15 is 0 Å². The molecule has 0 radical (unpaired) electrons. The van der Waals surface area contributed by atoms with Crippen molar-refractivity contribution in [3.05, 3.63) is 78.0 Å². The molecular formula is C23H20N4O3. The summed E-state index contributed by atoms with van der Waals surface area (Å²) < 4.78 is 10.5. The second-order valence-electron chi connectivity index (χ2n) is 6.54. The molecule has 2 N–H and O–H groups in total. The van der Waals surface area contributed by atoms with Crippen LogP contribution in [-0.2, 0) is 0 Å². The number of hydrogen-bond acceptors (Lipinski definition) is 5. The van der Waals surface area contributed by atoms with Crippen molar-refractivity contribution >= 4 is 22.9 Å². The number of fused-ring (bicyclic) bond motifs is 1. The number of ether oxygens (including phenoxy) is 2. The fourth-order valence-corrected chi connectivity index (χ4v) is 3.08. The van der Waals surface area contributed by atoms with E-state index in [1.165, 1.54) is 6.21 Å². The first-order valence-electron chi connectivity index (χ1n) is 9.28. The molecule has 0 aliphatic heterocycles. The fraction of sp³-hybridized carbons (Fsp3) is 0.0870. The van der Waals surface area contributed by atoms with Crippen molar-refractivity contribution in [3.63, 3.8) is 0 Å². The number of amides is 1. The first-order valence-corrected chi connectivity index (χ1v) is 9.28. The molecule has 0 aliphatic carbocycles. The molecule has 0 aliphatic rings. The molecule has 1 heterocycles. The van der Waals surface area contributed by atoms with Gasteiger partial charge in [0.1, 0.15) is 17.2 Å². The van der Waals surface area contributed by atoms with Gasteiger partial charge in [0, 0.05) is 17.2 Å². The zero-order valence-electron chi connectivity index (χ0n) is 16.5. The van der Waals surface area contributed by atoms with Gasteiger partial charge in [-0.05, 0) is 35.0 Å². The lowest BCUT2D eigenvalue weighted by atomic mass is 10.1. The van der Waals surface area contributed by atoms with Crippen molar-refractivity contribution in [1.82, 2.24) is 15.6 Å².